The Kier molecular flexibility index (Phi) is 4.99. The fourth-order valence-electron chi connectivity index (χ4n) is 2.33. The lowest BCUT2D eigenvalue weighted by atomic mass is 10.1. The Morgan fingerprint density at radius 3 is 2.61 bits per heavy atom. The van der Waals surface area contributed by atoms with Crippen LogP contribution in [-0.4, -0.2) is 29.8 Å². The number of amides is 2. The van der Waals surface area contributed by atoms with Crippen molar-refractivity contribution in [3.05, 3.63) is 40.4 Å². The molecule has 8 heteroatoms. The first-order valence-electron chi connectivity index (χ1n) is 6.81. The van der Waals surface area contributed by atoms with Gasteiger partial charge in [0.1, 0.15) is 0 Å². The number of hydrogen-bond donors (Lipinski definition) is 1. The normalized spacial score (nSPS) is 18.6. The van der Waals surface area contributed by atoms with E-state index < -0.39 is 22.7 Å². The van der Waals surface area contributed by atoms with Gasteiger partial charge in [0.25, 0.3) is 0 Å². The van der Waals surface area contributed by atoms with Gasteiger partial charge in [-0.15, -0.1) is 0 Å². The van der Waals surface area contributed by atoms with E-state index in [1.807, 2.05) is 0 Å². The SMILES string of the molecule is NC(=O)C1CCN(C(=O)/C=C/c2ccc(Cl)c(C(F)(F)F)c2)C1. The van der Waals surface area contributed by atoms with E-state index in [2.05, 4.69) is 0 Å². The van der Waals surface area contributed by atoms with Gasteiger partial charge in [0, 0.05) is 19.2 Å². The molecule has 0 aromatic heterocycles. The fourth-order valence-corrected chi connectivity index (χ4v) is 2.55. The molecule has 1 unspecified atom stereocenters. The zero-order chi connectivity index (χ0) is 17.2. The average molecular weight is 347 g/mol. The Morgan fingerprint density at radius 1 is 1.35 bits per heavy atom. The molecule has 1 aromatic rings. The van der Waals surface area contributed by atoms with Crippen molar-refractivity contribution >= 4 is 29.5 Å². The molecule has 2 rings (SSSR count). The number of likely N-dealkylation sites (tertiary alicyclic amines) is 1. The second-order valence-electron chi connectivity index (χ2n) is 5.24. The Bertz CT molecular complexity index is 659. The monoisotopic (exact) mass is 346 g/mol. The summed E-state index contributed by atoms with van der Waals surface area (Å²) < 4.78 is 38.3. The van der Waals surface area contributed by atoms with E-state index in [-0.39, 0.29) is 23.9 Å². The predicted octanol–water partition coefficient (Wildman–Crippen LogP) is 2.71. The van der Waals surface area contributed by atoms with Crippen molar-refractivity contribution < 1.29 is 22.8 Å². The first-order chi connectivity index (χ1) is 10.7. The van der Waals surface area contributed by atoms with Crippen molar-refractivity contribution in [1.29, 1.82) is 0 Å². The smallest absolute Gasteiger partial charge is 0.369 e. The number of rotatable bonds is 3. The zero-order valence-corrected chi connectivity index (χ0v) is 12.7. The number of nitrogens with zero attached hydrogens (tertiary/aromatic N) is 1. The Labute approximate surface area is 135 Å². The lowest BCUT2D eigenvalue weighted by Crippen LogP contribution is -2.30. The van der Waals surface area contributed by atoms with Gasteiger partial charge in [0.05, 0.1) is 16.5 Å². The molecular formula is C15H14ClF3N2O2. The van der Waals surface area contributed by atoms with Gasteiger partial charge in [-0.25, -0.2) is 0 Å². The molecule has 2 N–H and O–H groups in total. The van der Waals surface area contributed by atoms with Gasteiger partial charge in [-0.3, -0.25) is 9.59 Å². The molecule has 0 bridgehead atoms. The number of hydrogen-bond acceptors (Lipinski definition) is 2. The number of halogens is 4. The van der Waals surface area contributed by atoms with Crippen LogP contribution in [0.4, 0.5) is 13.2 Å². The van der Waals surface area contributed by atoms with Crippen LogP contribution < -0.4 is 5.73 Å². The number of carbonyl (C=O) groups excluding carboxylic acids is 2. The van der Waals surface area contributed by atoms with Crippen molar-refractivity contribution in [1.82, 2.24) is 4.90 Å². The van der Waals surface area contributed by atoms with Crippen LogP contribution in [0, 0.1) is 5.92 Å². The maximum absolute atomic E-state index is 12.8. The predicted molar refractivity (Wildman–Crippen MR) is 79.4 cm³/mol. The summed E-state index contributed by atoms with van der Waals surface area (Å²) in [5.74, 6) is -1.21. The number of nitrogens with two attached hydrogens (primary N) is 1. The molecule has 1 aliphatic heterocycles. The van der Waals surface area contributed by atoms with Gasteiger partial charge in [0.15, 0.2) is 0 Å². The Morgan fingerprint density at radius 2 is 2.04 bits per heavy atom. The molecule has 4 nitrogen and oxygen atoms in total. The van der Waals surface area contributed by atoms with Gasteiger partial charge < -0.3 is 10.6 Å². The van der Waals surface area contributed by atoms with E-state index in [0.717, 1.165) is 12.1 Å². The van der Waals surface area contributed by atoms with Crippen molar-refractivity contribution in [3.8, 4) is 0 Å². The Hall–Kier alpha value is -2.02. The van der Waals surface area contributed by atoms with Crippen LogP contribution in [0.1, 0.15) is 17.5 Å². The summed E-state index contributed by atoms with van der Waals surface area (Å²) in [7, 11) is 0. The molecule has 1 aromatic carbocycles. The summed E-state index contributed by atoms with van der Waals surface area (Å²) in [6.07, 6.45) is -1.61. The van der Waals surface area contributed by atoms with Crippen LogP contribution >= 0.6 is 11.6 Å². The van der Waals surface area contributed by atoms with Gasteiger partial charge >= 0.3 is 6.18 Å². The third-order valence-electron chi connectivity index (χ3n) is 3.62. The summed E-state index contributed by atoms with van der Waals surface area (Å²) in [6, 6.07) is 3.40. The molecule has 2 amide bonds. The summed E-state index contributed by atoms with van der Waals surface area (Å²) in [5.41, 5.74) is 4.44. The molecular weight excluding hydrogens is 333 g/mol. The average Bonchev–Trinajstić information content (AvgIpc) is 2.95. The minimum atomic E-state index is -4.56. The minimum Gasteiger partial charge on any atom is -0.369 e. The molecule has 0 aliphatic carbocycles. The molecule has 0 radical (unpaired) electrons. The van der Waals surface area contributed by atoms with Crippen LogP contribution in [0.25, 0.3) is 6.08 Å². The largest absolute Gasteiger partial charge is 0.417 e. The molecule has 0 spiro atoms. The molecule has 1 fully saturated rings. The lowest BCUT2D eigenvalue weighted by Gasteiger charge is -2.13. The molecule has 1 aliphatic rings. The Balaban J connectivity index is 2.09. The van der Waals surface area contributed by atoms with Crippen molar-refractivity contribution in [2.24, 2.45) is 11.7 Å². The number of benzene rings is 1. The molecule has 1 atom stereocenters. The molecule has 1 saturated heterocycles. The summed E-state index contributed by atoms with van der Waals surface area (Å²) in [5, 5.41) is -0.398. The van der Waals surface area contributed by atoms with Crippen molar-refractivity contribution in [3.63, 3.8) is 0 Å². The first-order valence-corrected chi connectivity index (χ1v) is 7.19. The van der Waals surface area contributed by atoms with Crippen LogP contribution in [0.5, 0.6) is 0 Å². The number of alkyl halides is 3. The first kappa shape index (κ1) is 17.3. The van der Waals surface area contributed by atoms with Crippen LogP contribution in [0.3, 0.4) is 0 Å². The second-order valence-corrected chi connectivity index (χ2v) is 5.65. The third kappa shape index (κ3) is 4.25. The number of primary amides is 1. The highest BCUT2D eigenvalue weighted by Crippen LogP contribution is 2.35. The summed E-state index contributed by atoms with van der Waals surface area (Å²) in [4.78, 5) is 24.5. The maximum atomic E-state index is 12.8. The van der Waals surface area contributed by atoms with E-state index in [9.17, 15) is 22.8 Å². The topological polar surface area (TPSA) is 63.4 Å². The standard InChI is InChI=1S/C15H14ClF3N2O2/c16-12-3-1-9(7-11(12)15(17,18)19)2-4-13(22)21-6-5-10(8-21)14(20)23/h1-4,7,10H,5-6,8H2,(H2,20,23)/b4-2+. The lowest BCUT2D eigenvalue weighted by molar-refractivity contribution is -0.137. The minimum absolute atomic E-state index is 0.209. The van der Waals surface area contributed by atoms with Gasteiger partial charge in [-0.1, -0.05) is 17.7 Å². The highest BCUT2D eigenvalue weighted by molar-refractivity contribution is 6.31. The maximum Gasteiger partial charge on any atom is 0.417 e. The van der Waals surface area contributed by atoms with Crippen LogP contribution in [0.2, 0.25) is 5.02 Å². The summed E-state index contributed by atoms with van der Waals surface area (Å²) >= 11 is 5.53. The highest BCUT2D eigenvalue weighted by atomic mass is 35.5. The van der Waals surface area contributed by atoms with E-state index in [1.54, 1.807) is 0 Å². The van der Waals surface area contributed by atoms with E-state index >= 15 is 0 Å². The van der Waals surface area contributed by atoms with Crippen LogP contribution in [0.15, 0.2) is 24.3 Å². The van der Waals surface area contributed by atoms with Crippen molar-refractivity contribution in [2.75, 3.05) is 13.1 Å². The fraction of sp³-hybridized carbons (Fsp3) is 0.333. The van der Waals surface area contributed by atoms with Crippen LogP contribution in [-0.2, 0) is 15.8 Å². The van der Waals surface area contributed by atoms with E-state index in [0.29, 0.717) is 13.0 Å². The van der Waals surface area contributed by atoms with Gasteiger partial charge in [-0.2, -0.15) is 13.2 Å². The number of carbonyl (C=O) groups is 2. The van der Waals surface area contributed by atoms with Gasteiger partial charge in [-0.05, 0) is 30.2 Å². The molecule has 124 valence electrons. The summed E-state index contributed by atoms with van der Waals surface area (Å²) in [6.45, 7) is 0.623. The highest BCUT2D eigenvalue weighted by Gasteiger charge is 2.33. The third-order valence-corrected chi connectivity index (χ3v) is 3.95. The second kappa shape index (κ2) is 6.62. The van der Waals surface area contributed by atoms with E-state index in [4.69, 9.17) is 17.3 Å². The molecule has 0 saturated carbocycles. The van der Waals surface area contributed by atoms with Crippen molar-refractivity contribution in [2.45, 2.75) is 12.6 Å². The molecule has 23 heavy (non-hydrogen) atoms. The quantitative estimate of drug-likeness (QED) is 0.855. The van der Waals surface area contributed by atoms with E-state index in [1.165, 1.54) is 23.1 Å². The van der Waals surface area contributed by atoms with Gasteiger partial charge in [0.2, 0.25) is 11.8 Å². The zero-order valence-electron chi connectivity index (χ0n) is 11.9. The molecule has 1 heterocycles.